The van der Waals surface area contributed by atoms with Gasteiger partial charge in [0.05, 0.1) is 17.7 Å². The molecule has 0 aliphatic carbocycles. The number of rotatable bonds is 8. The van der Waals surface area contributed by atoms with Crippen molar-refractivity contribution in [3.8, 4) is 5.75 Å². The molecule has 0 radical (unpaired) electrons. The van der Waals surface area contributed by atoms with E-state index in [1.807, 2.05) is 31.4 Å². The average Bonchev–Trinajstić information content (AvgIpc) is 3.30. The van der Waals surface area contributed by atoms with Gasteiger partial charge >= 0.3 is 0 Å². The van der Waals surface area contributed by atoms with Crippen LogP contribution in [0.15, 0.2) is 47.4 Å². The molecule has 2 heterocycles. The number of hydrogen-bond acceptors (Lipinski definition) is 6. The van der Waals surface area contributed by atoms with Gasteiger partial charge in [0.25, 0.3) is 11.7 Å². The molecule has 1 aromatic carbocycles. The maximum atomic E-state index is 12.8. The highest BCUT2D eigenvalue weighted by Gasteiger charge is 2.46. The van der Waals surface area contributed by atoms with Crippen LogP contribution in [-0.4, -0.2) is 48.1 Å². The van der Waals surface area contributed by atoms with Gasteiger partial charge in [-0.25, -0.2) is 0 Å². The molecular formula is C22H25NO5S. The van der Waals surface area contributed by atoms with Crippen LogP contribution >= 0.6 is 11.3 Å². The van der Waals surface area contributed by atoms with Crippen molar-refractivity contribution in [1.29, 1.82) is 0 Å². The predicted molar refractivity (Wildman–Crippen MR) is 112 cm³/mol. The van der Waals surface area contributed by atoms with Crippen molar-refractivity contribution in [3.63, 3.8) is 0 Å². The van der Waals surface area contributed by atoms with Gasteiger partial charge in [-0.1, -0.05) is 6.07 Å². The first-order valence-electron chi connectivity index (χ1n) is 9.52. The lowest BCUT2D eigenvalue weighted by atomic mass is 10.00. The normalized spacial score (nSPS) is 18.6. The van der Waals surface area contributed by atoms with E-state index in [0.717, 1.165) is 4.88 Å². The van der Waals surface area contributed by atoms with Gasteiger partial charge in [0.1, 0.15) is 11.5 Å². The standard InChI is InChI=1S/C22H25NO5S/c1-14(2)28-16-9-7-15(8-10-16)20(24)18-19(17-6-4-13-29-17)23(11-5-12-27-3)22(26)21(18)25/h4,6-10,13-14,19,24H,5,11-12H2,1-3H3/b20-18+/t19-/m1/s1. The van der Waals surface area contributed by atoms with Crippen molar-refractivity contribution < 1.29 is 24.2 Å². The number of aliphatic hydroxyl groups is 1. The topological polar surface area (TPSA) is 76.1 Å². The van der Waals surface area contributed by atoms with Gasteiger partial charge < -0.3 is 19.5 Å². The molecular weight excluding hydrogens is 390 g/mol. The molecule has 1 aromatic heterocycles. The Morgan fingerprint density at radius 2 is 1.93 bits per heavy atom. The smallest absolute Gasteiger partial charge is 0.295 e. The molecule has 6 nitrogen and oxygen atoms in total. The molecule has 1 atom stereocenters. The van der Waals surface area contributed by atoms with Gasteiger partial charge in [0, 0.05) is 30.7 Å². The third kappa shape index (κ3) is 4.52. The first-order chi connectivity index (χ1) is 13.9. The van der Waals surface area contributed by atoms with Crippen LogP contribution in [0.25, 0.3) is 5.76 Å². The predicted octanol–water partition coefficient (Wildman–Crippen LogP) is 3.99. The van der Waals surface area contributed by atoms with Crippen LogP contribution in [0.4, 0.5) is 0 Å². The monoisotopic (exact) mass is 415 g/mol. The minimum Gasteiger partial charge on any atom is -0.507 e. The van der Waals surface area contributed by atoms with Crippen LogP contribution in [0.1, 0.15) is 36.8 Å². The number of thiophene rings is 1. The first-order valence-corrected chi connectivity index (χ1v) is 10.4. The first kappa shape index (κ1) is 21.1. The molecule has 1 saturated heterocycles. The van der Waals surface area contributed by atoms with Crippen LogP contribution in [0.3, 0.4) is 0 Å². The number of carbonyl (C=O) groups excluding carboxylic acids is 2. The largest absolute Gasteiger partial charge is 0.507 e. The van der Waals surface area contributed by atoms with E-state index in [9.17, 15) is 14.7 Å². The molecule has 0 unspecified atom stereocenters. The number of benzene rings is 1. The number of amides is 1. The molecule has 1 aliphatic rings. The fourth-order valence-corrected chi connectivity index (χ4v) is 4.20. The zero-order valence-electron chi connectivity index (χ0n) is 16.8. The van der Waals surface area contributed by atoms with Gasteiger partial charge in [0.15, 0.2) is 0 Å². The lowest BCUT2D eigenvalue weighted by Crippen LogP contribution is -2.31. The number of carbonyl (C=O) groups is 2. The molecule has 1 fully saturated rings. The number of methoxy groups -OCH3 is 1. The Morgan fingerprint density at radius 1 is 1.21 bits per heavy atom. The van der Waals surface area contributed by atoms with E-state index in [0.29, 0.717) is 30.9 Å². The Kier molecular flexibility index (Phi) is 6.71. The Labute approximate surface area is 174 Å². The van der Waals surface area contributed by atoms with Crippen LogP contribution in [0, 0.1) is 0 Å². The summed E-state index contributed by atoms with van der Waals surface area (Å²) in [6.07, 6.45) is 0.637. The summed E-state index contributed by atoms with van der Waals surface area (Å²) in [7, 11) is 1.59. The van der Waals surface area contributed by atoms with E-state index in [1.165, 1.54) is 16.2 Å². The second-order valence-electron chi connectivity index (χ2n) is 7.05. The Balaban J connectivity index is 1.99. The van der Waals surface area contributed by atoms with Gasteiger partial charge in [0.2, 0.25) is 0 Å². The molecule has 3 rings (SSSR count). The second kappa shape index (κ2) is 9.24. The summed E-state index contributed by atoms with van der Waals surface area (Å²) in [6.45, 7) is 4.72. The number of likely N-dealkylation sites (tertiary alicyclic amines) is 1. The van der Waals surface area contributed by atoms with Crippen LogP contribution < -0.4 is 4.74 Å². The van der Waals surface area contributed by atoms with E-state index in [-0.39, 0.29) is 17.4 Å². The lowest BCUT2D eigenvalue weighted by molar-refractivity contribution is -0.140. The quantitative estimate of drug-likeness (QED) is 0.305. The fourth-order valence-electron chi connectivity index (χ4n) is 3.35. The molecule has 1 amide bonds. The van der Waals surface area contributed by atoms with Gasteiger partial charge in [-0.2, -0.15) is 0 Å². The number of Topliss-reactive ketones (excluding diaryl/α,β-unsaturated/α-hetero) is 1. The summed E-state index contributed by atoms with van der Waals surface area (Å²) in [4.78, 5) is 27.9. The molecule has 1 N–H and O–H groups in total. The highest BCUT2D eigenvalue weighted by molar-refractivity contribution is 7.10. The van der Waals surface area contributed by atoms with Crippen molar-refractivity contribution in [2.45, 2.75) is 32.4 Å². The molecule has 0 bridgehead atoms. The van der Waals surface area contributed by atoms with Gasteiger partial charge in [-0.05, 0) is 56.0 Å². The second-order valence-corrected chi connectivity index (χ2v) is 8.02. The van der Waals surface area contributed by atoms with Crippen LogP contribution in [0.5, 0.6) is 5.75 Å². The SMILES string of the molecule is COCCCN1C(=O)C(=O)/C(=C(/O)c2ccc(OC(C)C)cc2)[C@H]1c1cccs1. The van der Waals surface area contributed by atoms with Gasteiger partial charge in [-0.3, -0.25) is 9.59 Å². The molecule has 0 spiro atoms. The molecule has 7 heteroatoms. The highest BCUT2D eigenvalue weighted by atomic mass is 32.1. The number of aliphatic hydroxyl groups excluding tert-OH is 1. The van der Waals surface area contributed by atoms with E-state index in [4.69, 9.17) is 9.47 Å². The number of ether oxygens (including phenoxy) is 2. The Hall–Kier alpha value is -2.64. The summed E-state index contributed by atoms with van der Waals surface area (Å²) in [6, 6.07) is 10.0. The van der Waals surface area contributed by atoms with E-state index in [2.05, 4.69) is 0 Å². The third-order valence-corrected chi connectivity index (χ3v) is 5.52. The van der Waals surface area contributed by atoms with E-state index < -0.39 is 17.7 Å². The lowest BCUT2D eigenvalue weighted by Gasteiger charge is -2.24. The van der Waals surface area contributed by atoms with Gasteiger partial charge in [-0.15, -0.1) is 11.3 Å². The highest BCUT2D eigenvalue weighted by Crippen LogP contribution is 2.41. The molecule has 29 heavy (non-hydrogen) atoms. The van der Waals surface area contributed by atoms with Crippen molar-refractivity contribution >= 4 is 28.8 Å². The van der Waals surface area contributed by atoms with E-state index in [1.54, 1.807) is 31.4 Å². The molecule has 154 valence electrons. The molecule has 0 saturated carbocycles. The summed E-state index contributed by atoms with van der Waals surface area (Å²) in [5, 5.41) is 12.9. The maximum absolute atomic E-state index is 12.8. The summed E-state index contributed by atoms with van der Waals surface area (Å²) >= 11 is 1.45. The van der Waals surface area contributed by atoms with E-state index >= 15 is 0 Å². The summed E-state index contributed by atoms with van der Waals surface area (Å²) < 4.78 is 10.7. The Bertz CT molecular complexity index is 886. The Morgan fingerprint density at radius 3 is 2.52 bits per heavy atom. The van der Waals surface area contributed by atoms with Crippen molar-refractivity contribution in [2.24, 2.45) is 0 Å². The fraction of sp³-hybridized carbons (Fsp3) is 0.364. The minimum absolute atomic E-state index is 0.0331. The minimum atomic E-state index is -0.666. The summed E-state index contributed by atoms with van der Waals surface area (Å²) in [5.41, 5.74) is 0.588. The third-order valence-electron chi connectivity index (χ3n) is 4.60. The number of nitrogens with zero attached hydrogens (tertiary/aromatic N) is 1. The maximum Gasteiger partial charge on any atom is 0.295 e. The van der Waals surface area contributed by atoms with Crippen LogP contribution in [-0.2, 0) is 14.3 Å². The molecule has 1 aliphatic heterocycles. The van der Waals surface area contributed by atoms with Crippen molar-refractivity contribution in [2.75, 3.05) is 20.3 Å². The number of ketones is 1. The zero-order valence-corrected chi connectivity index (χ0v) is 17.6. The summed E-state index contributed by atoms with van der Waals surface area (Å²) in [5.74, 6) is -0.764. The van der Waals surface area contributed by atoms with Crippen LogP contribution in [0.2, 0.25) is 0 Å². The van der Waals surface area contributed by atoms with Crippen molar-refractivity contribution in [3.05, 3.63) is 57.8 Å². The number of hydrogen-bond donors (Lipinski definition) is 1. The molecule has 2 aromatic rings. The van der Waals surface area contributed by atoms with Crippen molar-refractivity contribution in [1.82, 2.24) is 4.90 Å². The zero-order chi connectivity index (χ0) is 21.0. The average molecular weight is 416 g/mol.